The molecule has 0 radical (unpaired) electrons. The van der Waals surface area contributed by atoms with E-state index in [0.29, 0.717) is 11.4 Å². The van der Waals surface area contributed by atoms with Gasteiger partial charge < -0.3 is 14.8 Å². The highest BCUT2D eigenvalue weighted by atomic mass is 19.1. The van der Waals surface area contributed by atoms with Crippen LogP contribution in [0, 0.1) is 17.1 Å². The number of ether oxygens (including phenoxy) is 2. The van der Waals surface area contributed by atoms with E-state index in [-0.39, 0.29) is 16.9 Å². The Hall–Kier alpha value is -3.07. The van der Waals surface area contributed by atoms with E-state index < -0.39 is 11.7 Å². The Kier molecular flexibility index (Phi) is 4.59. The zero-order chi connectivity index (χ0) is 16.1. The van der Waals surface area contributed by atoms with Crippen molar-refractivity contribution in [3.63, 3.8) is 0 Å². The maximum absolute atomic E-state index is 14.2. The fourth-order valence-corrected chi connectivity index (χ4v) is 1.88. The number of carbonyl (C=O) groups excluding carboxylic acids is 1. The Morgan fingerprint density at radius 3 is 2.36 bits per heavy atom. The fraction of sp³-hybridized carbons (Fsp3) is 0.125. The van der Waals surface area contributed by atoms with E-state index in [9.17, 15) is 9.18 Å². The molecule has 0 aliphatic heterocycles. The lowest BCUT2D eigenvalue weighted by molar-refractivity contribution is 0.102. The molecule has 6 heteroatoms. The number of amides is 1. The molecule has 112 valence electrons. The number of hydrogen-bond acceptors (Lipinski definition) is 4. The summed E-state index contributed by atoms with van der Waals surface area (Å²) in [6.07, 6.45) is 0. The highest BCUT2D eigenvalue weighted by Crippen LogP contribution is 2.24. The van der Waals surface area contributed by atoms with Crippen molar-refractivity contribution in [2.24, 2.45) is 0 Å². The number of benzene rings is 2. The van der Waals surface area contributed by atoms with Crippen LogP contribution in [0.25, 0.3) is 0 Å². The summed E-state index contributed by atoms with van der Waals surface area (Å²) in [5.41, 5.74) is -0.0439. The standard InChI is InChI=1S/C16H13FN2O3/c1-21-11-5-3-10(4-6-11)19-16(20)12-7-8-14(22-2)13(9-18)15(12)17/h3-8H,1-2H3,(H,19,20). The van der Waals surface area contributed by atoms with E-state index in [1.165, 1.54) is 26.4 Å². The van der Waals surface area contributed by atoms with Gasteiger partial charge in [-0.05, 0) is 36.4 Å². The minimum absolute atomic E-state index is 0.0843. The zero-order valence-corrected chi connectivity index (χ0v) is 12.0. The molecule has 0 saturated carbocycles. The van der Waals surface area contributed by atoms with Crippen molar-refractivity contribution in [2.45, 2.75) is 0 Å². The Morgan fingerprint density at radius 1 is 1.14 bits per heavy atom. The van der Waals surface area contributed by atoms with E-state index in [4.69, 9.17) is 14.7 Å². The summed E-state index contributed by atoms with van der Waals surface area (Å²) in [7, 11) is 2.86. The molecule has 0 fully saturated rings. The molecular formula is C16H13FN2O3. The van der Waals surface area contributed by atoms with Crippen molar-refractivity contribution >= 4 is 11.6 Å². The molecule has 0 saturated heterocycles. The van der Waals surface area contributed by atoms with Gasteiger partial charge in [0.05, 0.1) is 19.8 Å². The van der Waals surface area contributed by atoms with Crippen LogP contribution < -0.4 is 14.8 Å². The molecule has 2 aromatic rings. The van der Waals surface area contributed by atoms with Crippen LogP contribution in [0.2, 0.25) is 0 Å². The predicted octanol–water partition coefficient (Wildman–Crippen LogP) is 2.97. The molecule has 1 N–H and O–H groups in total. The van der Waals surface area contributed by atoms with Crippen molar-refractivity contribution in [3.8, 4) is 17.6 Å². The number of nitrogens with zero attached hydrogens (tertiary/aromatic N) is 1. The number of nitrogens with one attached hydrogen (secondary N) is 1. The summed E-state index contributed by atoms with van der Waals surface area (Å²) in [5.74, 6) is -0.837. The summed E-state index contributed by atoms with van der Waals surface area (Å²) < 4.78 is 24.1. The second-order valence-electron chi connectivity index (χ2n) is 4.30. The maximum Gasteiger partial charge on any atom is 0.258 e. The van der Waals surface area contributed by atoms with Crippen molar-refractivity contribution in [2.75, 3.05) is 19.5 Å². The molecule has 0 aliphatic rings. The first-order chi connectivity index (χ1) is 10.6. The Labute approximate surface area is 126 Å². The van der Waals surface area contributed by atoms with E-state index in [2.05, 4.69) is 5.32 Å². The Morgan fingerprint density at radius 2 is 1.82 bits per heavy atom. The molecule has 0 unspecified atom stereocenters. The molecule has 0 aromatic heterocycles. The molecule has 0 heterocycles. The summed E-state index contributed by atoms with van der Waals surface area (Å²) >= 11 is 0. The topological polar surface area (TPSA) is 71.3 Å². The van der Waals surface area contributed by atoms with Gasteiger partial charge in [0, 0.05) is 5.69 Å². The smallest absolute Gasteiger partial charge is 0.258 e. The number of rotatable bonds is 4. The number of methoxy groups -OCH3 is 2. The lowest BCUT2D eigenvalue weighted by atomic mass is 10.1. The molecule has 0 aliphatic carbocycles. The fourth-order valence-electron chi connectivity index (χ4n) is 1.88. The first-order valence-corrected chi connectivity index (χ1v) is 6.32. The number of halogens is 1. The van der Waals surface area contributed by atoms with Crippen LogP contribution in [0.5, 0.6) is 11.5 Å². The van der Waals surface area contributed by atoms with E-state index in [0.717, 1.165) is 0 Å². The van der Waals surface area contributed by atoms with Gasteiger partial charge in [0.1, 0.15) is 23.1 Å². The number of hydrogen-bond donors (Lipinski definition) is 1. The number of anilines is 1. The van der Waals surface area contributed by atoms with E-state index in [1.54, 1.807) is 30.3 Å². The second-order valence-corrected chi connectivity index (χ2v) is 4.30. The summed E-state index contributed by atoms with van der Waals surface area (Å²) in [6.45, 7) is 0. The van der Waals surface area contributed by atoms with Gasteiger partial charge in [0.15, 0.2) is 5.82 Å². The SMILES string of the molecule is COc1ccc(NC(=O)c2ccc(OC)c(C#N)c2F)cc1. The van der Waals surface area contributed by atoms with Crippen molar-refractivity contribution in [3.05, 3.63) is 53.3 Å². The molecular weight excluding hydrogens is 287 g/mol. The van der Waals surface area contributed by atoms with Crippen LogP contribution >= 0.6 is 0 Å². The van der Waals surface area contributed by atoms with Gasteiger partial charge >= 0.3 is 0 Å². The van der Waals surface area contributed by atoms with E-state index >= 15 is 0 Å². The normalized spacial score (nSPS) is 9.73. The average Bonchev–Trinajstić information content (AvgIpc) is 2.54. The number of nitriles is 1. The third-order valence-corrected chi connectivity index (χ3v) is 3.03. The van der Waals surface area contributed by atoms with Crippen molar-refractivity contribution in [1.29, 1.82) is 5.26 Å². The van der Waals surface area contributed by atoms with Crippen LogP contribution in [0.3, 0.4) is 0 Å². The highest BCUT2D eigenvalue weighted by molar-refractivity contribution is 6.04. The van der Waals surface area contributed by atoms with Crippen molar-refractivity contribution < 1.29 is 18.7 Å². The summed E-state index contributed by atoms with van der Waals surface area (Å²) in [6, 6.07) is 10.9. The monoisotopic (exact) mass is 300 g/mol. The minimum atomic E-state index is -0.909. The largest absolute Gasteiger partial charge is 0.497 e. The lowest BCUT2D eigenvalue weighted by Gasteiger charge is -2.09. The zero-order valence-electron chi connectivity index (χ0n) is 12.0. The Balaban J connectivity index is 2.28. The Bertz CT molecular complexity index is 736. The predicted molar refractivity (Wildman–Crippen MR) is 78.6 cm³/mol. The summed E-state index contributed by atoms with van der Waals surface area (Å²) in [4.78, 5) is 12.1. The molecule has 0 atom stereocenters. The lowest BCUT2D eigenvalue weighted by Crippen LogP contribution is -2.14. The molecule has 2 rings (SSSR count). The quantitative estimate of drug-likeness (QED) is 0.942. The molecule has 2 aromatic carbocycles. The van der Waals surface area contributed by atoms with Crippen LogP contribution in [0.15, 0.2) is 36.4 Å². The third kappa shape index (κ3) is 2.99. The summed E-state index contributed by atoms with van der Waals surface area (Å²) in [5, 5.41) is 11.5. The second kappa shape index (κ2) is 6.59. The maximum atomic E-state index is 14.2. The molecule has 0 spiro atoms. The van der Waals surface area contributed by atoms with Crippen LogP contribution in [0.1, 0.15) is 15.9 Å². The first kappa shape index (κ1) is 15.3. The van der Waals surface area contributed by atoms with Gasteiger partial charge in [0.25, 0.3) is 5.91 Å². The van der Waals surface area contributed by atoms with Gasteiger partial charge in [-0.3, -0.25) is 4.79 Å². The van der Waals surface area contributed by atoms with E-state index in [1.807, 2.05) is 0 Å². The molecule has 22 heavy (non-hydrogen) atoms. The average molecular weight is 300 g/mol. The first-order valence-electron chi connectivity index (χ1n) is 6.32. The minimum Gasteiger partial charge on any atom is -0.497 e. The van der Waals surface area contributed by atoms with Crippen LogP contribution in [-0.2, 0) is 0 Å². The molecule has 5 nitrogen and oxygen atoms in total. The van der Waals surface area contributed by atoms with Gasteiger partial charge in [-0.2, -0.15) is 5.26 Å². The van der Waals surface area contributed by atoms with Gasteiger partial charge in [-0.15, -0.1) is 0 Å². The molecule has 1 amide bonds. The van der Waals surface area contributed by atoms with Gasteiger partial charge in [-0.25, -0.2) is 4.39 Å². The van der Waals surface area contributed by atoms with Gasteiger partial charge in [0.2, 0.25) is 0 Å². The van der Waals surface area contributed by atoms with Crippen molar-refractivity contribution in [1.82, 2.24) is 0 Å². The third-order valence-electron chi connectivity index (χ3n) is 3.03. The number of carbonyl (C=O) groups is 1. The molecule has 0 bridgehead atoms. The van der Waals surface area contributed by atoms with Crippen LogP contribution in [0.4, 0.5) is 10.1 Å². The van der Waals surface area contributed by atoms with Gasteiger partial charge in [-0.1, -0.05) is 0 Å². The highest BCUT2D eigenvalue weighted by Gasteiger charge is 2.19. The van der Waals surface area contributed by atoms with Crippen LogP contribution in [-0.4, -0.2) is 20.1 Å².